The second-order valence-electron chi connectivity index (χ2n) is 6.70. The van der Waals surface area contributed by atoms with Gasteiger partial charge in [0.15, 0.2) is 0 Å². The monoisotopic (exact) mass is 290 g/mol. The summed E-state index contributed by atoms with van der Waals surface area (Å²) in [7, 11) is 0. The molecule has 0 amide bonds. The molecule has 0 aliphatic carbocycles. The lowest BCUT2D eigenvalue weighted by Gasteiger charge is -2.19. The summed E-state index contributed by atoms with van der Waals surface area (Å²) in [6, 6.07) is 8.09. The molecular formula is C18H26O3. The first-order valence-electron chi connectivity index (χ1n) is 7.50. The van der Waals surface area contributed by atoms with Crippen molar-refractivity contribution in [1.82, 2.24) is 0 Å². The second-order valence-corrected chi connectivity index (χ2v) is 6.70. The molecule has 0 spiro atoms. The third-order valence-corrected chi connectivity index (χ3v) is 3.08. The molecule has 1 aromatic rings. The molecule has 0 radical (unpaired) electrons. The number of carbonyl (C=O) groups is 2. The highest BCUT2D eigenvalue weighted by Gasteiger charge is 2.17. The normalized spacial score (nSPS) is 11.5. The Morgan fingerprint density at radius 1 is 1.05 bits per heavy atom. The lowest BCUT2D eigenvalue weighted by Crippen LogP contribution is -2.24. The molecule has 0 unspecified atom stereocenters. The van der Waals surface area contributed by atoms with Gasteiger partial charge in [0, 0.05) is 12.8 Å². The van der Waals surface area contributed by atoms with E-state index in [4.69, 9.17) is 4.74 Å². The molecule has 3 heteroatoms. The van der Waals surface area contributed by atoms with Gasteiger partial charge in [-0.3, -0.25) is 9.59 Å². The summed E-state index contributed by atoms with van der Waals surface area (Å²) in [5.74, 6) is 0.242. The molecule has 0 aromatic heterocycles. The van der Waals surface area contributed by atoms with Gasteiger partial charge in [0.1, 0.15) is 11.4 Å². The molecule has 21 heavy (non-hydrogen) atoms. The fourth-order valence-electron chi connectivity index (χ4n) is 1.97. The van der Waals surface area contributed by atoms with Crippen molar-refractivity contribution in [3.8, 4) is 0 Å². The Morgan fingerprint density at radius 3 is 2.10 bits per heavy atom. The van der Waals surface area contributed by atoms with Crippen LogP contribution in [0.5, 0.6) is 0 Å². The lowest BCUT2D eigenvalue weighted by atomic mass is 9.99. The predicted octanol–water partition coefficient (Wildman–Crippen LogP) is 4.04. The summed E-state index contributed by atoms with van der Waals surface area (Å²) in [5.41, 5.74) is 1.76. The van der Waals surface area contributed by atoms with Crippen LogP contribution >= 0.6 is 0 Å². The molecular weight excluding hydrogens is 264 g/mol. The molecule has 0 heterocycles. The van der Waals surface area contributed by atoms with Crippen LogP contribution in [0, 0.1) is 0 Å². The number of ether oxygens (including phenoxy) is 1. The molecule has 1 rings (SSSR count). The Balaban J connectivity index is 2.42. The number of benzene rings is 1. The number of hydrogen-bond acceptors (Lipinski definition) is 3. The van der Waals surface area contributed by atoms with Gasteiger partial charge in [-0.1, -0.05) is 38.1 Å². The highest BCUT2D eigenvalue weighted by molar-refractivity contribution is 5.84. The molecule has 0 N–H and O–H groups in total. The van der Waals surface area contributed by atoms with Crippen LogP contribution in [0.3, 0.4) is 0 Å². The van der Waals surface area contributed by atoms with Gasteiger partial charge in [-0.05, 0) is 37.8 Å². The van der Waals surface area contributed by atoms with Crippen molar-refractivity contribution in [2.45, 2.75) is 65.4 Å². The summed E-state index contributed by atoms with van der Waals surface area (Å²) in [4.78, 5) is 23.5. The van der Waals surface area contributed by atoms with E-state index in [2.05, 4.69) is 26.0 Å². The second kappa shape index (κ2) is 7.39. The lowest BCUT2D eigenvalue weighted by molar-refractivity contribution is -0.155. The molecule has 1 aromatic carbocycles. The van der Waals surface area contributed by atoms with Crippen molar-refractivity contribution in [2.24, 2.45) is 0 Å². The van der Waals surface area contributed by atoms with E-state index in [1.807, 2.05) is 32.9 Å². The van der Waals surface area contributed by atoms with E-state index >= 15 is 0 Å². The van der Waals surface area contributed by atoms with Crippen LogP contribution in [-0.2, 0) is 20.7 Å². The van der Waals surface area contributed by atoms with Crippen molar-refractivity contribution in [3.63, 3.8) is 0 Å². The van der Waals surface area contributed by atoms with Crippen molar-refractivity contribution < 1.29 is 14.3 Å². The van der Waals surface area contributed by atoms with Crippen LogP contribution in [0.25, 0.3) is 0 Å². The number of hydrogen-bond donors (Lipinski definition) is 0. The standard InChI is InChI=1S/C18H26O3/c1-13(2)15-8-6-14(7-9-15)12-16(19)10-11-17(20)21-18(3,4)5/h6-9,13H,10-12H2,1-5H3. The van der Waals surface area contributed by atoms with Crippen molar-refractivity contribution in [3.05, 3.63) is 35.4 Å². The smallest absolute Gasteiger partial charge is 0.306 e. The first-order chi connectivity index (χ1) is 9.67. The molecule has 0 saturated carbocycles. The minimum absolute atomic E-state index is 0.0677. The van der Waals surface area contributed by atoms with Crippen molar-refractivity contribution >= 4 is 11.8 Å². The number of ketones is 1. The van der Waals surface area contributed by atoms with Crippen molar-refractivity contribution in [2.75, 3.05) is 0 Å². The first-order valence-corrected chi connectivity index (χ1v) is 7.50. The predicted molar refractivity (Wildman–Crippen MR) is 84.3 cm³/mol. The summed E-state index contributed by atoms with van der Waals surface area (Å²) in [6.45, 7) is 9.75. The maximum atomic E-state index is 11.9. The molecule has 0 fully saturated rings. The summed E-state index contributed by atoms with van der Waals surface area (Å²) in [6.07, 6.45) is 0.766. The molecule has 0 aliphatic heterocycles. The SMILES string of the molecule is CC(C)c1ccc(CC(=O)CCC(=O)OC(C)(C)C)cc1. The summed E-state index contributed by atoms with van der Waals surface area (Å²) >= 11 is 0. The fraction of sp³-hybridized carbons (Fsp3) is 0.556. The van der Waals surface area contributed by atoms with E-state index in [1.165, 1.54) is 5.56 Å². The zero-order valence-corrected chi connectivity index (χ0v) is 13.7. The Labute approximate surface area is 127 Å². The Morgan fingerprint density at radius 2 is 1.62 bits per heavy atom. The zero-order chi connectivity index (χ0) is 16.0. The molecule has 3 nitrogen and oxygen atoms in total. The number of esters is 1. The third-order valence-electron chi connectivity index (χ3n) is 3.08. The quantitative estimate of drug-likeness (QED) is 0.742. The maximum absolute atomic E-state index is 11.9. The van der Waals surface area contributed by atoms with E-state index in [1.54, 1.807) is 0 Å². The van der Waals surface area contributed by atoms with E-state index in [0.717, 1.165) is 5.56 Å². The molecule has 116 valence electrons. The summed E-state index contributed by atoms with van der Waals surface area (Å²) < 4.78 is 5.19. The number of Topliss-reactive ketones (excluding diaryl/α,β-unsaturated/α-hetero) is 1. The van der Waals surface area contributed by atoms with E-state index in [-0.39, 0.29) is 24.6 Å². The number of rotatable bonds is 6. The Bertz CT molecular complexity index is 478. The molecule has 0 bridgehead atoms. The average Bonchev–Trinajstić information content (AvgIpc) is 2.35. The van der Waals surface area contributed by atoms with Crippen LogP contribution in [0.2, 0.25) is 0 Å². The van der Waals surface area contributed by atoms with Gasteiger partial charge in [-0.15, -0.1) is 0 Å². The largest absolute Gasteiger partial charge is 0.460 e. The molecule has 0 aliphatic rings. The molecule has 0 saturated heterocycles. The van der Waals surface area contributed by atoms with Crippen LogP contribution in [0.1, 0.15) is 64.5 Å². The third kappa shape index (κ3) is 7.07. The number of carbonyl (C=O) groups excluding carboxylic acids is 2. The van der Waals surface area contributed by atoms with E-state index in [9.17, 15) is 9.59 Å². The highest BCUT2D eigenvalue weighted by atomic mass is 16.6. The van der Waals surface area contributed by atoms with Crippen LogP contribution in [-0.4, -0.2) is 17.4 Å². The topological polar surface area (TPSA) is 43.4 Å². The first kappa shape index (κ1) is 17.4. The Kier molecular flexibility index (Phi) is 6.13. The van der Waals surface area contributed by atoms with Gasteiger partial charge in [-0.25, -0.2) is 0 Å². The van der Waals surface area contributed by atoms with E-state index in [0.29, 0.717) is 12.3 Å². The van der Waals surface area contributed by atoms with Crippen molar-refractivity contribution in [1.29, 1.82) is 0 Å². The van der Waals surface area contributed by atoms with Gasteiger partial charge in [0.25, 0.3) is 0 Å². The highest BCUT2D eigenvalue weighted by Crippen LogP contribution is 2.15. The fourth-order valence-corrected chi connectivity index (χ4v) is 1.97. The van der Waals surface area contributed by atoms with E-state index < -0.39 is 5.60 Å². The van der Waals surface area contributed by atoms with Gasteiger partial charge < -0.3 is 4.74 Å². The van der Waals surface area contributed by atoms with Crippen LogP contribution < -0.4 is 0 Å². The van der Waals surface area contributed by atoms with Crippen LogP contribution in [0.15, 0.2) is 24.3 Å². The zero-order valence-electron chi connectivity index (χ0n) is 13.7. The van der Waals surface area contributed by atoms with Gasteiger partial charge in [0.2, 0.25) is 0 Å². The Hall–Kier alpha value is -1.64. The minimum atomic E-state index is -0.493. The van der Waals surface area contributed by atoms with Gasteiger partial charge in [-0.2, -0.15) is 0 Å². The van der Waals surface area contributed by atoms with Crippen LogP contribution in [0.4, 0.5) is 0 Å². The van der Waals surface area contributed by atoms with Gasteiger partial charge >= 0.3 is 5.97 Å². The van der Waals surface area contributed by atoms with Gasteiger partial charge in [0.05, 0.1) is 6.42 Å². The summed E-state index contributed by atoms with van der Waals surface area (Å²) in [5, 5.41) is 0. The molecule has 0 atom stereocenters. The maximum Gasteiger partial charge on any atom is 0.306 e. The average molecular weight is 290 g/mol. The minimum Gasteiger partial charge on any atom is -0.460 e.